The van der Waals surface area contributed by atoms with Gasteiger partial charge in [0.1, 0.15) is 0 Å². The molecule has 0 aromatic heterocycles. The van der Waals surface area contributed by atoms with Crippen molar-refractivity contribution in [3.8, 4) is 0 Å². The predicted molar refractivity (Wildman–Crippen MR) is 103 cm³/mol. The summed E-state index contributed by atoms with van der Waals surface area (Å²) in [7, 11) is 0. The fourth-order valence-corrected chi connectivity index (χ4v) is 0. The average Bonchev–Trinajstić information content (AvgIpc) is 2.45. The van der Waals surface area contributed by atoms with Crippen LogP contribution in [-0.4, -0.2) is 217 Å². The first-order valence-corrected chi connectivity index (χ1v) is 34.5. The van der Waals surface area contributed by atoms with Gasteiger partial charge in [-0.15, -0.1) is 0 Å². The summed E-state index contributed by atoms with van der Waals surface area (Å²) in [5.41, 5.74) is 0. The van der Waals surface area contributed by atoms with Gasteiger partial charge in [-0.1, -0.05) is 0 Å². The molecule has 17 heavy (non-hydrogen) atoms. The third-order valence-electron chi connectivity index (χ3n) is 0. The fraction of sp³-hybridized carbons (Fsp3) is 0. The molecule has 0 saturated heterocycles. The molecule has 0 aliphatic rings. The first-order chi connectivity index (χ1) is 7.00. The van der Waals surface area contributed by atoms with Crippen LogP contribution in [0.25, 0.3) is 0 Å². The third-order valence-corrected chi connectivity index (χ3v) is 0. The van der Waals surface area contributed by atoms with Crippen molar-refractivity contribution < 1.29 is 17.1 Å². The molecule has 0 N–H and O–H groups in total. The first-order valence-electron chi connectivity index (χ1n) is 1.28. The van der Waals surface area contributed by atoms with E-state index in [1.165, 1.54) is 0 Å². The second-order valence-electron chi connectivity index (χ2n) is 0. The molecule has 0 atom stereocenters. The van der Waals surface area contributed by atoms with Crippen molar-refractivity contribution in [1.29, 1.82) is 0 Å². The topological polar surface area (TPSA) is 0 Å². The first kappa shape index (κ1) is 63.5. The van der Waals surface area contributed by atoms with Crippen LogP contribution in [0.15, 0.2) is 0 Å². The van der Waals surface area contributed by atoms with Gasteiger partial charge >= 0.3 is 248 Å². The Labute approximate surface area is 241 Å². The zero-order valence-electron chi connectivity index (χ0n) is 7.28. The third kappa shape index (κ3) is 163. The molecule has 0 saturated carbocycles. The van der Waals surface area contributed by atoms with E-state index >= 15 is 0 Å². The summed E-state index contributed by atoms with van der Waals surface area (Å²) in [6.45, 7) is 0. The van der Waals surface area contributed by atoms with Gasteiger partial charge < -0.3 is 0 Å². The number of rotatable bonds is 0. The Balaban J connectivity index is -0.00000000408. The van der Waals surface area contributed by atoms with Crippen molar-refractivity contribution in [3.05, 3.63) is 0 Å². The predicted octanol–water partition coefficient (Wildman–Crippen LogP) is -7.59. The van der Waals surface area contributed by atoms with Gasteiger partial charge in [0.25, 0.3) is 0 Å². The quantitative estimate of drug-likeness (QED) is 0.212. The molecule has 0 aliphatic carbocycles. The summed E-state index contributed by atoms with van der Waals surface area (Å²) in [6, 6.07) is 0. The van der Waals surface area contributed by atoms with Crippen LogP contribution in [0.2, 0.25) is 0 Å². The summed E-state index contributed by atoms with van der Waals surface area (Å²) in [5.74, 6) is 0. The molecular weight excluding hydrogens is 1320 g/mol. The van der Waals surface area contributed by atoms with Gasteiger partial charge in [0.2, 0.25) is 0 Å². The molecule has 17 heteroatoms. The maximum atomic E-state index is 2.56. The zero-order valence-corrected chi connectivity index (χ0v) is 37.5. The van der Waals surface area contributed by atoms with Crippen LogP contribution in [0.4, 0.5) is 0 Å². The molecular formula is H7CuInSSe14. The average molecular weight is 1320 g/mol. The summed E-state index contributed by atoms with van der Waals surface area (Å²) in [4.78, 5) is 0. The van der Waals surface area contributed by atoms with E-state index < -0.39 is 0 Å². The van der Waals surface area contributed by atoms with Gasteiger partial charge in [0.15, 0.2) is 0 Å². The molecule has 0 unspecified atom stereocenters. The molecule has 0 nitrogen and oxygen atoms in total. The van der Waals surface area contributed by atoms with Crippen LogP contribution >= 0.6 is 0 Å². The van der Waals surface area contributed by atoms with Gasteiger partial charge in [-0.05, 0) is 0 Å². The van der Waals surface area contributed by atoms with Gasteiger partial charge in [-0.25, -0.2) is 0 Å². The molecule has 0 aromatic carbocycles. The Morgan fingerprint density at radius 1 is 0.353 bits per heavy atom. The molecule has 0 aromatic rings. The number of hydrogen-bond donors (Lipinski definition) is 0. The van der Waals surface area contributed by atoms with Gasteiger partial charge in [-0.2, -0.15) is 0 Å². The van der Waals surface area contributed by atoms with E-state index in [4.69, 9.17) is 0 Å². The molecule has 0 rings (SSSR count). The summed E-state index contributed by atoms with van der Waals surface area (Å²) < 4.78 is 0. The van der Waals surface area contributed by atoms with E-state index in [9.17, 15) is 0 Å². The van der Waals surface area contributed by atoms with Crippen LogP contribution in [0, 0.1) is 0 Å². The van der Waals surface area contributed by atoms with Crippen molar-refractivity contribution in [2.45, 2.75) is 0 Å². The molecule has 0 bridgehead atoms. The van der Waals surface area contributed by atoms with Crippen LogP contribution in [0.3, 0.4) is 0 Å². The molecule has 0 amide bonds. The van der Waals surface area contributed by atoms with Crippen molar-refractivity contribution in [2.75, 3.05) is 0 Å². The van der Waals surface area contributed by atoms with E-state index in [0.717, 1.165) is 0 Å². The van der Waals surface area contributed by atoms with Crippen LogP contribution in [-0.2, 0) is 30.6 Å². The molecule has 111 valence electrons. The van der Waals surface area contributed by atoms with Gasteiger partial charge in [0, 0.05) is 0 Å². The maximum absolute atomic E-state index is 2.56. The van der Waals surface area contributed by atoms with E-state index in [1.54, 1.807) is 0 Å². The molecule has 5 radical (unpaired) electrons. The summed E-state index contributed by atoms with van der Waals surface area (Å²) in [6.07, 6.45) is 0. The standard InChI is InChI=1S/Cu.In.S.7HSe2/c;;;7*1-2/h;;;7*1H/q+2;+3;+2;7*-1. The Morgan fingerprint density at radius 3 is 0.353 bits per heavy atom. The molecule has 0 aliphatic heterocycles. The summed E-state index contributed by atoms with van der Waals surface area (Å²) in [5, 5.41) is 0. The monoisotopic (exact) mass is 1340 g/mol. The van der Waals surface area contributed by atoms with Gasteiger partial charge in [0.05, 0.1) is 0 Å². The molecule has 0 fully saturated rings. The minimum absolute atomic E-state index is 0. The zero-order chi connectivity index (χ0) is 14.0. The van der Waals surface area contributed by atoms with Crippen LogP contribution in [0.1, 0.15) is 0 Å². The van der Waals surface area contributed by atoms with E-state index in [0.29, 0.717) is 0 Å². The second-order valence-corrected chi connectivity index (χ2v) is 0. The Morgan fingerprint density at radius 2 is 0.353 bits per heavy atom. The molecule has 0 heterocycles. The van der Waals surface area contributed by atoms with Crippen LogP contribution in [0.5, 0.6) is 0 Å². The van der Waals surface area contributed by atoms with Crippen LogP contribution < -0.4 is 0 Å². The van der Waals surface area contributed by atoms with Gasteiger partial charge in [-0.3, -0.25) is 0 Å². The Kier molecular flexibility index (Phi) is 663. The van der Waals surface area contributed by atoms with Crippen molar-refractivity contribution in [3.63, 3.8) is 0 Å². The molecule has 0 spiro atoms. The van der Waals surface area contributed by atoms with E-state index in [2.05, 4.69) is 191 Å². The SMILES string of the molecule is [Cu+2].[In+3].[S+2].[Se]=[SeH-].[Se]=[SeH-].[Se]=[SeH-].[Se]=[SeH-].[Se]=[SeH-].[Se]=[SeH-].[Se]=[SeH-]. The van der Waals surface area contributed by atoms with Crippen molar-refractivity contribution >= 4 is 230 Å². The second kappa shape index (κ2) is 178. The Hall–Kier alpha value is 9.01. The number of hydrogen-bond acceptors (Lipinski definition) is 0. The van der Waals surface area contributed by atoms with E-state index in [-0.39, 0.29) is 56.4 Å². The Bertz CT molecular complexity index is 35.8. The van der Waals surface area contributed by atoms with Crippen molar-refractivity contribution in [1.82, 2.24) is 0 Å². The van der Waals surface area contributed by atoms with Crippen molar-refractivity contribution in [2.24, 2.45) is 0 Å². The van der Waals surface area contributed by atoms with E-state index in [1.807, 2.05) is 0 Å². The fourth-order valence-electron chi connectivity index (χ4n) is 0. The normalized spacial score (nSPS) is 2.06. The summed E-state index contributed by atoms with van der Waals surface area (Å²) >= 11 is 33.2. The minimum atomic E-state index is 0.